The smallest absolute Gasteiger partial charge is 0.130 e. The van der Waals surface area contributed by atoms with Gasteiger partial charge in [0.2, 0.25) is 0 Å². The minimum absolute atomic E-state index is 0.165. The fourth-order valence-corrected chi connectivity index (χ4v) is 2.95. The highest BCUT2D eigenvalue weighted by Gasteiger charge is 2.24. The first-order chi connectivity index (χ1) is 9.02. The summed E-state index contributed by atoms with van der Waals surface area (Å²) in [7, 11) is 3.82. The van der Waals surface area contributed by atoms with E-state index < -0.39 is 0 Å². The largest absolute Gasteiger partial charge is 0.381 e. The maximum absolute atomic E-state index is 5.97. The van der Waals surface area contributed by atoms with Crippen molar-refractivity contribution < 1.29 is 4.74 Å². The summed E-state index contributed by atoms with van der Waals surface area (Å²) in [5, 5.41) is 4.57. The lowest BCUT2D eigenvalue weighted by molar-refractivity contribution is 0.0816. The molecule has 1 fully saturated rings. The second-order valence-corrected chi connectivity index (χ2v) is 5.61. The summed E-state index contributed by atoms with van der Waals surface area (Å²) in [6.07, 6.45) is 3.46. The summed E-state index contributed by atoms with van der Waals surface area (Å²) in [5.74, 6) is 1.24. The van der Waals surface area contributed by atoms with Gasteiger partial charge in [-0.1, -0.05) is 0 Å². The van der Waals surface area contributed by atoms with Gasteiger partial charge in [-0.3, -0.25) is 4.68 Å². The topological polar surface area (TPSA) is 56.3 Å². The molecule has 1 aromatic rings. The predicted octanol–water partition coefficient (Wildman–Crippen LogP) is 1.23. The molecule has 1 aliphatic heterocycles. The lowest BCUT2D eigenvalue weighted by Gasteiger charge is -2.33. The molecule has 108 valence electrons. The Bertz CT molecular complexity index is 419. The van der Waals surface area contributed by atoms with Crippen LogP contribution in [0.3, 0.4) is 0 Å². The molecule has 1 atom stereocenters. The van der Waals surface area contributed by atoms with E-state index in [1.807, 2.05) is 18.7 Å². The molecule has 0 aliphatic carbocycles. The van der Waals surface area contributed by atoms with Crippen LogP contribution >= 0.6 is 0 Å². The van der Waals surface area contributed by atoms with E-state index in [9.17, 15) is 0 Å². The summed E-state index contributed by atoms with van der Waals surface area (Å²) in [5.41, 5.74) is 8.37. The fraction of sp³-hybridized carbons (Fsp3) is 0.786. The van der Waals surface area contributed by atoms with Crippen molar-refractivity contribution >= 4 is 5.82 Å². The van der Waals surface area contributed by atoms with Crippen molar-refractivity contribution in [3.05, 3.63) is 11.3 Å². The first-order valence-electron chi connectivity index (χ1n) is 7.08. The summed E-state index contributed by atoms with van der Waals surface area (Å²) >= 11 is 0. The zero-order valence-electron chi connectivity index (χ0n) is 12.5. The van der Waals surface area contributed by atoms with Crippen LogP contribution < -0.4 is 10.6 Å². The first kappa shape index (κ1) is 14.3. The Morgan fingerprint density at radius 2 is 2.05 bits per heavy atom. The van der Waals surface area contributed by atoms with Crippen molar-refractivity contribution in [2.45, 2.75) is 45.3 Å². The molecule has 1 aromatic heterocycles. The van der Waals surface area contributed by atoms with E-state index in [0.29, 0.717) is 6.10 Å². The SMILES string of the molecule is COC1CCN(c2c(CC(C)N)c(C)nn2C)CC1. The number of hydrogen-bond acceptors (Lipinski definition) is 4. The van der Waals surface area contributed by atoms with Crippen LogP contribution in [0.2, 0.25) is 0 Å². The molecule has 0 amide bonds. The molecule has 1 saturated heterocycles. The molecule has 1 aliphatic rings. The van der Waals surface area contributed by atoms with Gasteiger partial charge < -0.3 is 15.4 Å². The van der Waals surface area contributed by atoms with E-state index >= 15 is 0 Å². The third-order valence-electron chi connectivity index (χ3n) is 3.91. The van der Waals surface area contributed by atoms with Crippen molar-refractivity contribution in [3.63, 3.8) is 0 Å². The Morgan fingerprint density at radius 1 is 1.42 bits per heavy atom. The van der Waals surface area contributed by atoms with Gasteiger partial charge in [-0.05, 0) is 33.1 Å². The standard InChI is InChI=1S/C14H26N4O/c1-10(15)9-13-11(2)16-17(3)14(13)18-7-5-12(19-4)6-8-18/h10,12H,5-9,15H2,1-4H3. The maximum Gasteiger partial charge on any atom is 0.130 e. The van der Waals surface area contributed by atoms with Crippen LogP contribution in [-0.2, 0) is 18.2 Å². The molecule has 0 saturated carbocycles. The minimum atomic E-state index is 0.165. The average molecular weight is 266 g/mol. The summed E-state index contributed by atoms with van der Waals surface area (Å²) in [6, 6.07) is 0.165. The van der Waals surface area contributed by atoms with E-state index in [1.54, 1.807) is 7.11 Å². The van der Waals surface area contributed by atoms with Crippen LogP contribution in [0.4, 0.5) is 5.82 Å². The zero-order chi connectivity index (χ0) is 14.0. The third kappa shape index (κ3) is 3.09. The van der Waals surface area contributed by atoms with Crippen LogP contribution in [-0.4, -0.2) is 42.1 Å². The molecule has 0 aromatic carbocycles. The van der Waals surface area contributed by atoms with Crippen molar-refractivity contribution in [1.29, 1.82) is 0 Å². The maximum atomic E-state index is 5.97. The normalized spacial score (nSPS) is 18.9. The Labute approximate surface area is 115 Å². The van der Waals surface area contributed by atoms with Gasteiger partial charge in [0.25, 0.3) is 0 Å². The Balaban J connectivity index is 2.19. The van der Waals surface area contributed by atoms with Gasteiger partial charge in [0, 0.05) is 38.9 Å². The molecule has 5 nitrogen and oxygen atoms in total. The van der Waals surface area contributed by atoms with E-state index in [1.165, 1.54) is 11.4 Å². The Kier molecular flexibility index (Phi) is 4.47. The zero-order valence-corrected chi connectivity index (χ0v) is 12.5. The molecule has 5 heteroatoms. The van der Waals surface area contributed by atoms with E-state index in [-0.39, 0.29) is 6.04 Å². The van der Waals surface area contributed by atoms with Crippen LogP contribution in [0.1, 0.15) is 31.0 Å². The van der Waals surface area contributed by atoms with E-state index in [4.69, 9.17) is 10.5 Å². The number of rotatable bonds is 4. The highest BCUT2D eigenvalue weighted by Crippen LogP contribution is 2.27. The molecular weight excluding hydrogens is 240 g/mol. The first-order valence-corrected chi connectivity index (χ1v) is 7.08. The van der Waals surface area contributed by atoms with Gasteiger partial charge in [0.15, 0.2) is 0 Å². The monoisotopic (exact) mass is 266 g/mol. The second-order valence-electron chi connectivity index (χ2n) is 5.61. The van der Waals surface area contributed by atoms with Gasteiger partial charge in [-0.15, -0.1) is 0 Å². The van der Waals surface area contributed by atoms with Gasteiger partial charge >= 0.3 is 0 Å². The molecule has 0 spiro atoms. The molecule has 2 heterocycles. The number of nitrogens with zero attached hydrogens (tertiary/aromatic N) is 3. The fourth-order valence-electron chi connectivity index (χ4n) is 2.95. The number of piperidine rings is 1. The van der Waals surface area contributed by atoms with Crippen molar-refractivity contribution in [1.82, 2.24) is 9.78 Å². The van der Waals surface area contributed by atoms with Gasteiger partial charge in [-0.2, -0.15) is 5.10 Å². The second kappa shape index (κ2) is 5.92. The Hall–Kier alpha value is -1.07. The quantitative estimate of drug-likeness (QED) is 0.890. The van der Waals surface area contributed by atoms with Crippen LogP contribution in [0, 0.1) is 6.92 Å². The lowest BCUT2D eigenvalue weighted by Crippen LogP contribution is -2.38. The van der Waals surface area contributed by atoms with Crippen molar-refractivity contribution in [2.75, 3.05) is 25.1 Å². The number of aryl methyl sites for hydroxylation is 2. The number of hydrogen-bond donors (Lipinski definition) is 1. The van der Waals surface area contributed by atoms with Crippen LogP contribution in [0.25, 0.3) is 0 Å². The molecule has 2 N–H and O–H groups in total. The molecule has 1 unspecified atom stereocenters. The van der Waals surface area contributed by atoms with Crippen LogP contribution in [0.5, 0.6) is 0 Å². The third-order valence-corrected chi connectivity index (χ3v) is 3.91. The molecule has 19 heavy (non-hydrogen) atoms. The summed E-state index contributed by atoms with van der Waals surface area (Å²) in [4.78, 5) is 2.42. The molecule has 0 radical (unpaired) electrons. The van der Waals surface area contributed by atoms with Crippen LogP contribution in [0.15, 0.2) is 0 Å². The van der Waals surface area contributed by atoms with Gasteiger partial charge in [-0.25, -0.2) is 0 Å². The van der Waals surface area contributed by atoms with E-state index in [0.717, 1.165) is 38.0 Å². The highest BCUT2D eigenvalue weighted by molar-refractivity contribution is 5.51. The number of ether oxygens (including phenoxy) is 1. The molecule has 0 bridgehead atoms. The number of aromatic nitrogens is 2. The summed E-state index contributed by atoms with van der Waals surface area (Å²) < 4.78 is 7.44. The Morgan fingerprint density at radius 3 is 2.58 bits per heavy atom. The average Bonchev–Trinajstić information content (AvgIpc) is 2.64. The lowest BCUT2D eigenvalue weighted by atomic mass is 10.0. The van der Waals surface area contributed by atoms with Gasteiger partial charge in [0.1, 0.15) is 5.82 Å². The minimum Gasteiger partial charge on any atom is -0.381 e. The summed E-state index contributed by atoms with van der Waals surface area (Å²) in [6.45, 7) is 6.18. The van der Waals surface area contributed by atoms with Crippen molar-refractivity contribution in [2.24, 2.45) is 12.8 Å². The van der Waals surface area contributed by atoms with Crippen molar-refractivity contribution in [3.8, 4) is 0 Å². The molecular formula is C14H26N4O. The predicted molar refractivity (Wildman–Crippen MR) is 77.5 cm³/mol. The highest BCUT2D eigenvalue weighted by atomic mass is 16.5. The number of nitrogens with two attached hydrogens (primary N) is 1. The van der Waals surface area contributed by atoms with Gasteiger partial charge in [0.05, 0.1) is 11.8 Å². The number of anilines is 1. The number of methoxy groups -OCH3 is 1. The molecule has 2 rings (SSSR count). The van der Waals surface area contributed by atoms with E-state index in [2.05, 4.69) is 16.9 Å².